The minimum atomic E-state index is -0.238. The second kappa shape index (κ2) is 5.48. The summed E-state index contributed by atoms with van der Waals surface area (Å²) < 4.78 is 5.30. The van der Waals surface area contributed by atoms with Gasteiger partial charge in [0.05, 0.1) is 0 Å². The van der Waals surface area contributed by atoms with Crippen molar-refractivity contribution >= 4 is 17.6 Å². The third-order valence-electron chi connectivity index (χ3n) is 3.68. The Kier molecular flexibility index (Phi) is 3.54. The van der Waals surface area contributed by atoms with Gasteiger partial charge in [-0.3, -0.25) is 14.5 Å². The third-order valence-corrected chi connectivity index (χ3v) is 3.68. The molecule has 0 unspecified atom stereocenters. The van der Waals surface area contributed by atoms with Crippen molar-refractivity contribution in [2.45, 2.75) is 31.7 Å². The molecular weight excluding hydrogens is 258 g/mol. The van der Waals surface area contributed by atoms with Crippen LogP contribution < -0.4 is 15.0 Å². The van der Waals surface area contributed by atoms with Crippen molar-refractivity contribution in [1.29, 1.82) is 0 Å². The fourth-order valence-electron chi connectivity index (χ4n) is 2.68. The molecule has 0 saturated heterocycles. The molecule has 0 aromatic carbocycles. The minimum Gasteiger partial charge on any atom is -0.480 e. The number of nitrogens with zero attached hydrogens (tertiary/aromatic N) is 2. The van der Waals surface area contributed by atoms with Crippen molar-refractivity contribution in [3.05, 3.63) is 18.3 Å². The van der Waals surface area contributed by atoms with Gasteiger partial charge in [0.25, 0.3) is 5.91 Å². The lowest BCUT2D eigenvalue weighted by molar-refractivity contribution is -0.125. The lowest BCUT2D eigenvalue weighted by Gasteiger charge is -2.27. The van der Waals surface area contributed by atoms with E-state index in [0.717, 1.165) is 25.7 Å². The molecule has 0 atom stereocenters. The number of carbonyl (C=O) groups is 2. The largest absolute Gasteiger partial charge is 0.480 e. The van der Waals surface area contributed by atoms with Crippen LogP contribution in [-0.2, 0) is 9.59 Å². The molecule has 0 spiro atoms. The lowest BCUT2D eigenvalue weighted by Crippen LogP contribution is -2.47. The van der Waals surface area contributed by atoms with Gasteiger partial charge < -0.3 is 10.1 Å². The quantitative estimate of drug-likeness (QED) is 0.888. The maximum Gasteiger partial charge on any atom is 0.266 e. The van der Waals surface area contributed by atoms with Crippen LogP contribution in [0.3, 0.4) is 0 Å². The first-order valence-electron chi connectivity index (χ1n) is 6.91. The number of fused-ring (bicyclic) bond motifs is 1. The second-order valence-electron chi connectivity index (χ2n) is 5.14. The van der Waals surface area contributed by atoms with E-state index in [1.54, 1.807) is 18.3 Å². The van der Waals surface area contributed by atoms with Crippen LogP contribution in [0.1, 0.15) is 25.7 Å². The van der Waals surface area contributed by atoms with E-state index in [1.807, 2.05) is 0 Å². The van der Waals surface area contributed by atoms with Gasteiger partial charge in [-0.2, -0.15) is 0 Å². The molecule has 1 aliphatic carbocycles. The van der Waals surface area contributed by atoms with Gasteiger partial charge >= 0.3 is 0 Å². The predicted molar refractivity (Wildman–Crippen MR) is 72.5 cm³/mol. The van der Waals surface area contributed by atoms with Crippen LogP contribution in [-0.4, -0.2) is 36.0 Å². The van der Waals surface area contributed by atoms with Crippen LogP contribution in [0.4, 0.5) is 5.82 Å². The van der Waals surface area contributed by atoms with Gasteiger partial charge in [-0.05, 0) is 25.0 Å². The first-order chi connectivity index (χ1) is 9.74. The number of ether oxygens (including phenoxy) is 1. The zero-order valence-electron chi connectivity index (χ0n) is 11.2. The van der Waals surface area contributed by atoms with E-state index in [9.17, 15) is 9.59 Å². The normalized spacial score (nSPS) is 18.6. The van der Waals surface area contributed by atoms with E-state index in [2.05, 4.69) is 10.3 Å². The molecule has 0 radical (unpaired) electrons. The second-order valence-corrected chi connectivity index (χ2v) is 5.14. The predicted octanol–water partition coefficient (Wildman–Crippen LogP) is 0.866. The smallest absolute Gasteiger partial charge is 0.266 e. The molecule has 6 heteroatoms. The summed E-state index contributed by atoms with van der Waals surface area (Å²) in [6.45, 7) is -0.0435. The molecule has 106 valence electrons. The summed E-state index contributed by atoms with van der Waals surface area (Å²) in [6.07, 6.45) is 5.95. The first-order valence-corrected chi connectivity index (χ1v) is 6.91. The van der Waals surface area contributed by atoms with Gasteiger partial charge in [-0.1, -0.05) is 12.8 Å². The molecule has 2 amide bonds. The number of anilines is 1. The van der Waals surface area contributed by atoms with Crippen molar-refractivity contribution in [2.75, 3.05) is 18.1 Å². The fraction of sp³-hybridized carbons (Fsp3) is 0.500. The van der Waals surface area contributed by atoms with Gasteiger partial charge in [0.15, 0.2) is 18.2 Å². The van der Waals surface area contributed by atoms with Crippen LogP contribution in [0, 0.1) is 0 Å². The monoisotopic (exact) mass is 275 g/mol. The topological polar surface area (TPSA) is 71.5 Å². The van der Waals surface area contributed by atoms with Crippen molar-refractivity contribution in [1.82, 2.24) is 10.3 Å². The van der Waals surface area contributed by atoms with Gasteiger partial charge in [-0.25, -0.2) is 4.98 Å². The number of aromatic nitrogens is 1. The summed E-state index contributed by atoms with van der Waals surface area (Å²) in [5, 5.41) is 2.98. The summed E-state index contributed by atoms with van der Waals surface area (Å²) in [5.74, 6) is 0.590. The summed E-state index contributed by atoms with van der Waals surface area (Å²) in [6, 6.07) is 3.74. The van der Waals surface area contributed by atoms with E-state index >= 15 is 0 Å². The standard InChI is InChI=1S/C14H17N3O3/c18-12(16-10-4-1-2-5-10)8-17-13(19)9-20-11-6-3-7-15-14(11)17/h3,6-7,10H,1-2,4-5,8-9H2,(H,16,18). The van der Waals surface area contributed by atoms with Crippen molar-refractivity contribution in [2.24, 2.45) is 0 Å². The van der Waals surface area contributed by atoms with Gasteiger partial charge in [-0.15, -0.1) is 0 Å². The molecule has 1 aromatic rings. The SMILES string of the molecule is O=C(CN1C(=O)COc2cccnc21)NC1CCCC1. The third kappa shape index (κ3) is 2.59. The molecule has 6 nitrogen and oxygen atoms in total. The fourth-order valence-corrected chi connectivity index (χ4v) is 2.68. The minimum absolute atomic E-state index is 0.00269. The molecule has 2 heterocycles. The maximum atomic E-state index is 12.0. The highest BCUT2D eigenvalue weighted by molar-refractivity contribution is 6.01. The molecule has 20 heavy (non-hydrogen) atoms. The molecular formula is C14H17N3O3. The number of pyridine rings is 1. The Morgan fingerprint density at radius 1 is 1.45 bits per heavy atom. The highest BCUT2D eigenvalue weighted by Gasteiger charge is 2.29. The van der Waals surface area contributed by atoms with E-state index in [1.165, 1.54) is 4.90 Å². The van der Waals surface area contributed by atoms with Crippen molar-refractivity contribution in [3.8, 4) is 5.75 Å². The summed E-state index contributed by atoms with van der Waals surface area (Å²) in [4.78, 5) is 29.5. The Hall–Kier alpha value is -2.11. The van der Waals surface area contributed by atoms with Crippen LogP contribution >= 0.6 is 0 Å². The lowest BCUT2D eigenvalue weighted by atomic mass is 10.2. The van der Waals surface area contributed by atoms with Gasteiger partial charge in [0.2, 0.25) is 5.91 Å². The summed E-state index contributed by atoms with van der Waals surface area (Å²) in [7, 11) is 0. The first kappa shape index (κ1) is 12.9. The number of hydrogen-bond acceptors (Lipinski definition) is 4. The van der Waals surface area contributed by atoms with E-state index in [4.69, 9.17) is 4.74 Å². The molecule has 3 rings (SSSR count). The zero-order chi connectivity index (χ0) is 13.9. The molecule has 1 saturated carbocycles. The Morgan fingerprint density at radius 3 is 3.05 bits per heavy atom. The Bertz CT molecular complexity index is 526. The van der Waals surface area contributed by atoms with Crippen LogP contribution in [0.5, 0.6) is 5.75 Å². The Morgan fingerprint density at radius 2 is 2.25 bits per heavy atom. The molecule has 1 N–H and O–H groups in total. The van der Waals surface area contributed by atoms with Crippen LogP contribution in [0.15, 0.2) is 18.3 Å². The number of amides is 2. The summed E-state index contributed by atoms with van der Waals surface area (Å²) in [5.41, 5.74) is 0. The maximum absolute atomic E-state index is 12.0. The van der Waals surface area contributed by atoms with E-state index < -0.39 is 0 Å². The van der Waals surface area contributed by atoms with Crippen molar-refractivity contribution < 1.29 is 14.3 Å². The van der Waals surface area contributed by atoms with E-state index in [0.29, 0.717) is 11.6 Å². The Labute approximate surface area is 117 Å². The molecule has 1 fully saturated rings. The average Bonchev–Trinajstić information content (AvgIpc) is 2.95. The van der Waals surface area contributed by atoms with Crippen molar-refractivity contribution in [3.63, 3.8) is 0 Å². The Balaban J connectivity index is 1.69. The zero-order valence-corrected chi connectivity index (χ0v) is 11.2. The number of hydrogen-bond donors (Lipinski definition) is 1. The average molecular weight is 275 g/mol. The van der Waals surface area contributed by atoms with Crippen LogP contribution in [0.2, 0.25) is 0 Å². The van der Waals surface area contributed by atoms with Gasteiger partial charge in [0.1, 0.15) is 6.54 Å². The highest BCUT2D eigenvalue weighted by atomic mass is 16.5. The molecule has 0 bridgehead atoms. The van der Waals surface area contributed by atoms with Gasteiger partial charge in [0, 0.05) is 12.2 Å². The van der Waals surface area contributed by atoms with E-state index in [-0.39, 0.29) is 31.0 Å². The molecule has 1 aromatic heterocycles. The highest BCUT2D eigenvalue weighted by Crippen LogP contribution is 2.28. The number of rotatable bonds is 3. The summed E-state index contributed by atoms with van der Waals surface area (Å²) >= 11 is 0. The molecule has 1 aliphatic heterocycles. The molecule has 2 aliphatic rings. The number of nitrogens with one attached hydrogen (secondary N) is 1. The van der Waals surface area contributed by atoms with Crippen LogP contribution in [0.25, 0.3) is 0 Å². The number of carbonyl (C=O) groups excluding carboxylic acids is 2.